The molecule has 1 fully saturated rings. The van der Waals surface area contributed by atoms with E-state index in [2.05, 4.69) is 0 Å². The number of benzene rings is 1. The third kappa shape index (κ3) is 2.52. The van der Waals surface area contributed by atoms with Crippen LogP contribution in [0.5, 0.6) is 0 Å². The zero-order valence-electron chi connectivity index (χ0n) is 10.2. The number of halogens is 1. The first-order valence-electron chi connectivity index (χ1n) is 5.72. The van der Waals surface area contributed by atoms with Gasteiger partial charge >= 0.3 is 5.97 Å². The molecule has 0 bridgehead atoms. The van der Waals surface area contributed by atoms with Gasteiger partial charge in [-0.2, -0.15) is 0 Å². The van der Waals surface area contributed by atoms with Gasteiger partial charge in [-0.15, -0.1) is 0 Å². The highest BCUT2D eigenvalue weighted by atomic mass is 19.1. The van der Waals surface area contributed by atoms with E-state index in [4.69, 9.17) is 14.2 Å². The minimum Gasteiger partial charge on any atom is -0.450 e. The molecule has 1 aliphatic heterocycles. The molecule has 18 heavy (non-hydrogen) atoms. The van der Waals surface area contributed by atoms with Gasteiger partial charge in [0, 0.05) is 7.11 Å². The highest BCUT2D eigenvalue weighted by Crippen LogP contribution is 2.27. The van der Waals surface area contributed by atoms with Crippen LogP contribution in [0.3, 0.4) is 0 Å². The van der Waals surface area contributed by atoms with Crippen LogP contribution in [0.4, 0.5) is 4.39 Å². The number of rotatable bonds is 3. The summed E-state index contributed by atoms with van der Waals surface area (Å²) in [6.07, 6.45) is -3.92. The molecule has 0 N–H and O–H groups in total. The predicted octanol–water partition coefficient (Wildman–Crippen LogP) is 1.94. The Morgan fingerprint density at radius 2 is 2.00 bits per heavy atom. The lowest BCUT2D eigenvalue weighted by atomic mass is 10.2. The highest BCUT2D eigenvalue weighted by Gasteiger charge is 2.46. The molecule has 1 aliphatic rings. The van der Waals surface area contributed by atoms with Crippen LogP contribution in [0.25, 0.3) is 0 Å². The van der Waals surface area contributed by atoms with E-state index in [1.807, 2.05) is 0 Å². The van der Waals surface area contributed by atoms with Crippen molar-refractivity contribution in [3.05, 3.63) is 35.9 Å². The molecule has 4 nitrogen and oxygen atoms in total. The predicted molar refractivity (Wildman–Crippen MR) is 61.9 cm³/mol. The van der Waals surface area contributed by atoms with Crippen LogP contribution in [0.2, 0.25) is 0 Å². The Bertz CT molecular complexity index is 409. The van der Waals surface area contributed by atoms with Gasteiger partial charge in [-0.25, -0.2) is 9.18 Å². The molecular formula is C13H15FO4. The number of ether oxygens (including phenoxy) is 3. The number of carbonyl (C=O) groups is 1. The standard InChI is InChI=1S/C13H15FO4/c1-8-10(14)11(13(16-2)17-8)18-12(15)9-6-4-3-5-7-9/h3-8,10-11,13H,1-2H3/t8-,10-,11-,13+/m1/s1. The average molecular weight is 254 g/mol. The lowest BCUT2D eigenvalue weighted by Crippen LogP contribution is -2.35. The van der Waals surface area contributed by atoms with Crippen LogP contribution in [0, 0.1) is 0 Å². The molecular weight excluding hydrogens is 239 g/mol. The lowest BCUT2D eigenvalue weighted by molar-refractivity contribution is -0.147. The van der Waals surface area contributed by atoms with E-state index in [1.54, 1.807) is 37.3 Å². The Labute approximate surface area is 105 Å². The second-order valence-corrected chi connectivity index (χ2v) is 4.13. The quantitative estimate of drug-likeness (QED) is 0.773. The fourth-order valence-electron chi connectivity index (χ4n) is 1.86. The molecule has 1 saturated heterocycles. The zero-order valence-corrected chi connectivity index (χ0v) is 10.2. The molecule has 0 saturated carbocycles. The molecule has 0 aromatic heterocycles. The summed E-state index contributed by atoms with van der Waals surface area (Å²) in [6, 6.07) is 8.43. The first-order valence-corrected chi connectivity index (χ1v) is 5.72. The van der Waals surface area contributed by atoms with Crippen LogP contribution < -0.4 is 0 Å². The number of esters is 1. The minimum atomic E-state index is -1.39. The zero-order chi connectivity index (χ0) is 13.1. The van der Waals surface area contributed by atoms with Crippen molar-refractivity contribution in [3.63, 3.8) is 0 Å². The van der Waals surface area contributed by atoms with Crippen molar-refractivity contribution in [1.82, 2.24) is 0 Å². The minimum absolute atomic E-state index is 0.374. The fourth-order valence-corrected chi connectivity index (χ4v) is 1.86. The third-order valence-corrected chi connectivity index (χ3v) is 2.86. The molecule has 98 valence electrons. The van der Waals surface area contributed by atoms with Crippen molar-refractivity contribution >= 4 is 5.97 Å². The number of alkyl halides is 1. The summed E-state index contributed by atoms with van der Waals surface area (Å²) < 4.78 is 29.1. The molecule has 0 amide bonds. The van der Waals surface area contributed by atoms with Crippen LogP contribution in [0.1, 0.15) is 17.3 Å². The maximum Gasteiger partial charge on any atom is 0.338 e. The molecule has 0 radical (unpaired) electrons. The van der Waals surface area contributed by atoms with Gasteiger partial charge in [-0.1, -0.05) is 18.2 Å². The maximum absolute atomic E-state index is 13.8. The van der Waals surface area contributed by atoms with Gasteiger partial charge in [0.05, 0.1) is 11.7 Å². The van der Waals surface area contributed by atoms with Gasteiger partial charge in [-0.3, -0.25) is 0 Å². The van der Waals surface area contributed by atoms with Gasteiger partial charge in [0.1, 0.15) is 0 Å². The number of hydrogen-bond acceptors (Lipinski definition) is 4. The molecule has 4 atom stereocenters. The second kappa shape index (κ2) is 5.46. The van der Waals surface area contributed by atoms with Crippen molar-refractivity contribution in [2.24, 2.45) is 0 Å². The van der Waals surface area contributed by atoms with E-state index in [0.29, 0.717) is 5.56 Å². The number of methoxy groups -OCH3 is 1. The van der Waals surface area contributed by atoms with Crippen LogP contribution in [-0.2, 0) is 14.2 Å². The monoisotopic (exact) mass is 254 g/mol. The molecule has 1 aromatic rings. The van der Waals surface area contributed by atoms with Crippen molar-refractivity contribution in [1.29, 1.82) is 0 Å². The molecule has 0 aliphatic carbocycles. The average Bonchev–Trinajstić information content (AvgIpc) is 2.67. The van der Waals surface area contributed by atoms with Gasteiger partial charge in [-0.05, 0) is 19.1 Å². The molecule has 0 spiro atoms. The Morgan fingerprint density at radius 1 is 1.33 bits per heavy atom. The van der Waals surface area contributed by atoms with E-state index in [1.165, 1.54) is 7.11 Å². The van der Waals surface area contributed by atoms with Crippen molar-refractivity contribution in [3.8, 4) is 0 Å². The summed E-state index contributed by atoms with van der Waals surface area (Å²) in [5.41, 5.74) is 0.374. The Kier molecular flexibility index (Phi) is 3.93. The lowest BCUT2D eigenvalue weighted by Gasteiger charge is -2.18. The molecule has 1 aromatic carbocycles. The Morgan fingerprint density at radius 3 is 2.61 bits per heavy atom. The molecule has 2 rings (SSSR count). The van der Waals surface area contributed by atoms with E-state index < -0.39 is 30.6 Å². The molecule has 1 heterocycles. The summed E-state index contributed by atoms with van der Waals surface area (Å²) in [5, 5.41) is 0. The first kappa shape index (κ1) is 13.0. The number of hydrogen-bond donors (Lipinski definition) is 0. The highest BCUT2D eigenvalue weighted by molar-refractivity contribution is 5.89. The van der Waals surface area contributed by atoms with Crippen LogP contribution >= 0.6 is 0 Å². The van der Waals surface area contributed by atoms with Crippen molar-refractivity contribution < 1.29 is 23.4 Å². The van der Waals surface area contributed by atoms with E-state index in [-0.39, 0.29) is 0 Å². The van der Waals surface area contributed by atoms with Gasteiger partial charge in [0.25, 0.3) is 0 Å². The van der Waals surface area contributed by atoms with Gasteiger partial charge in [0.2, 0.25) is 0 Å². The molecule has 0 unspecified atom stereocenters. The van der Waals surface area contributed by atoms with E-state index >= 15 is 0 Å². The van der Waals surface area contributed by atoms with Gasteiger partial charge in [0.15, 0.2) is 18.6 Å². The normalized spacial score (nSPS) is 31.3. The third-order valence-electron chi connectivity index (χ3n) is 2.86. The van der Waals surface area contributed by atoms with E-state index in [9.17, 15) is 9.18 Å². The summed E-state index contributed by atoms with van der Waals surface area (Å²) >= 11 is 0. The van der Waals surface area contributed by atoms with Crippen molar-refractivity contribution in [2.45, 2.75) is 31.6 Å². The largest absolute Gasteiger partial charge is 0.450 e. The SMILES string of the molecule is CO[C@H]1O[C@H](C)[C@@H](F)[C@H]1OC(=O)c1ccccc1. The first-order chi connectivity index (χ1) is 8.63. The van der Waals surface area contributed by atoms with Gasteiger partial charge < -0.3 is 14.2 Å². The second-order valence-electron chi connectivity index (χ2n) is 4.13. The number of carbonyl (C=O) groups excluding carboxylic acids is 1. The van der Waals surface area contributed by atoms with Crippen LogP contribution in [0.15, 0.2) is 30.3 Å². The topological polar surface area (TPSA) is 44.8 Å². The van der Waals surface area contributed by atoms with Crippen LogP contribution in [-0.4, -0.2) is 37.7 Å². The maximum atomic E-state index is 13.8. The smallest absolute Gasteiger partial charge is 0.338 e. The Hall–Kier alpha value is -1.46. The van der Waals surface area contributed by atoms with E-state index in [0.717, 1.165) is 0 Å². The summed E-state index contributed by atoms with van der Waals surface area (Å²) in [5.74, 6) is -0.581. The fraction of sp³-hybridized carbons (Fsp3) is 0.462. The summed E-state index contributed by atoms with van der Waals surface area (Å²) in [6.45, 7) is 1.58. The summed E-state index contributed by atoms with van der Waals surface area (Å²) in [7, 11) is 1.39. The molecule has 5 heteroatoms. The van der Waals surface area contributed by atoms with Crippen molar-refractivity contribution in [2.75, 3.05) is 7.11 Å². The Balaban J connectivity index is 2.06. The summed E-state index contributed by atoms with van der Waals surface area (Å²) in [4.78, 5) is 11.8.